The lowest BCUT2D eigenvalue weighted by Crippen LogP contribution is -2.22. The van der Waals surface area contributed by atoms with Crippen LogP contribution in [-0.2, 0) is 6.42 Å². The summed E-state index contributed by atoms with van der Waals surface area (Å²) in [5, 5.41) is 4.37. The van der Waals surface area contributed by atoms with E-state index in [9.17, 15) is 0 Å². The van der Waals surface area contributed by atoms with Gasteiger partial charge in [0.15, 0.2) is 0 Å². The minimum atomic E-state index is 0.662. The van der Waals surface area contributed by atoms with Crippen LogP contribution in [0.5, 0.6) is 0 Å². The summed E-state index contributed by atoms with van der Waals surface area (Å²) in [6, 6.07) is 8.61. The van der Waals surface area contributed by atoms with Crippen LogP contribution in [0.2, 0.25) is 0 Å². The second kappa shape index (κ2) is 2.59. The molecular formula is C11H12N2. The van der Waals surface area contributed by atoms with Crippen molar-refractivity contribution < 1.29 is 0 Å². The number of hydrogen-bond donors (Lipinski definition) is 1. The number of nitrogens with one attached hydrogen (secondary N) is 1. The first kappa shape index (κ1) is 7.13. The molecule has 1 heterocycles. The summed E-state index contributed by atoms with van der Waals surface area (Å²) in [7, 11) is 0. The Morgan fingerprint density at radius 3 is 3.23 bits per heavy atom. The van der Waals surface area contributed by atoms with E-state index < -0.39 is 0 Å². The maximum absolute atomic E-state index is 4.37. The van der Waals surface area contributed by atoms with E-state index in [1.807, 2.05) is 0 Å². The van der Waals surface area contributed by atoms with Crippen LogP contribution in [0.1, 0.15) is 17.5 Å². The third kappa shape index (κ3) is 0.981. The molecule has 1 aromatic carbocycles. The molecule has 0 saturated heterocycles. The third-order valence-electron chi connectivity index (χ3n) is 2.98. The molecule has 0 saturated carbocycles. The van der Waals surface area contributed by atoms with Crippen molar-refractivity contribution in [1.29, 1.82) is 0 Å². The number of hydrogen-bond acceptors (Lipinski definition) is 2. The van der Waals surface area contributed by atoms with Gasteiger partial charge in [-0.3, -0.25) is 0 Å². The monoisotopic (exact) mass is 172 g/mol. The molecule has 0 bridgehead atoms. The molecule has 0 fully saturated rings. The largest absolute Gasteiger partial charge is 0.309 e. The van der Waals surface area contributed by atoms with Crippen molar-refractivity contribution in [2.24, 2.45) is 11.0 Å². The summed E-state index contributed by atoms with van der Waals surface area (Å²) >= 11 is 0. The fourth-order valence-corrected chi connectivity index (χ4v) is 2.27. The highest BCUT2D eigenvalue weighted by Crippen LogP contribution is 2.27. The van der Waals surface area contributed by atoms with Gasteiger partial charge in [0.1, 0.15) is 0 Å². The van der Waals surface area contributed by atoms with Crippen molar-refractivity contribution in [3.05, 3.63) is 35.4 Å². The van der Waals surface area contributed by atoms with Crippen molar-refractivity contribution in [3.8, 4) is 0 Å². The third-order valence-corrected chi connectivity index (χ3v) is 2.98. The van der Waals surface area contributed by atoms with Gasteiger partial charge in [0.25, 0.3) is 0 Å². The van der Waals surface area contributed by atoms with Crippen molar-refractivity contribution in [2.45, 2.75) is 12.8 Å². The smallest absolute Gasteiger partial charge is 0.0727 e. The van der Waals surface area contributed by atoms with Crippen LogP contribution in [0.4, 0.5) is 0 Å². The van der Waals surface area contributed by atoms with Gasteiger partial charge in [0.2, 0.25) is 0 Å². The normalized spacial score (nSPS) is 24.3. The van der Waals surface area contributed by atoms with E-state index in [2.05, 4.69) is 34.8 Å². The Balaban J connectivity index is 2.15. The average molecular weight is 172 g/mol. The lowest BCUT2D eigenvalue weighted by molar-refractivity contribution is 0.601. The van der Waals surface area contributed by atoms with Crippen molar-refractivity contribution >= 4 is 5.71 Å². The van der Waals surface area contributed by atoms with E-state index in [1.54, 1.807) is 0 Å². The second-order valence-corrected chi connectivity index (χ2v) is 3.75. The molecule has 0 aromatic heterocycles. The summed E-state index contributed by atoms with van der Waals surface area (Å²) in [5.41, 5.74) is 7.20. The number of hydrazone groups is 1. The minimum absolute atomic E-state index is 0.662. The van der Waals surface area contributed by atoms with Gasteiger partial charge in [0, 0.05) is 18.0 Å². The molecule has 1 aromatic rings. The Morgan fingerprint density at radius 2 is 2.23 bits per heavy atom. The van der Waals surface area contributed by atoms with Crippen LogP contribution in [0, 0.1) is 5.92 Å². The van der Waals surface area contributed by atoms with Crippen LogP contribution in [-0.4, -0.2) is 12.3 Å². The Bertz CT molecular complexity index is 368. The molecule has 13 heavy (non-hydrogen) atoms. The summed E-state index contributed by atoms with van der Waals surface area (Å²) < 4.78 is 0. The zero-order valence-corrected chi connectivity index (χ0v) is 7.46. The molecule has 2 heteroatoms. The average Bonchev–Trinajstić information content (AvgIpc) is 2.65. The lowest BCUT2D eigenvalue weighted by Gasteiger charge is -2.20. The lowest BCUT2D eigenvalue weighted by atomic mass is 9.83. The Kier molecular flexibility index (Phi) is 1.42. The van der Waals surface area contributed by atoms with Crippen LogP contribution < -0.4 is 5.43 Å². The van der Waals surface area contributed by atoms with Gasteiger partial charge in [-0.05, 0) is 18.4 Å². The number of fused-ring (bicyclic) bond motifs is 3. The zero-order chi connectivity index (χ0) is 8.67. The van der Waals surface area contributed by atoms with E-state index in [4.69, 9.17) is 0 Å². The van der Waals surface area contributed by atoms with Crippen LogP contribution in [0.3, 0.4) is 0 Å². The van der Waals surface area contributed by atoms with Gasteiger partial charge in [-0.15, -0.1) is 0 Å². The first-order valence-electron chi connectivity index (χ1n) is 4.84. The zero-order valence-electron chi connectivity index (χ0n) is 7.46. The highest BCUT2D eigenvalue weighted by molar-refractivity contribution is 6.05. The molecule has 1 aliphatic carbocycles. The molecule has 1 aliphatic heterocycles. The fourth-order valence-electron chi connectivity index (χ4n) is 2.27. The number of rotatable bonds is 0. The van der Waals surface area contributed by atoms with Crippen molar-refractivity contribution in [1.82, 2.24) is 5.43 Å². The number of benzene rings is 1. The standard InChI is InChI=1S/C11H12N2/c1-2-4-10-8(3-1)5-6-9-7-12-13-11(9)10/h1-4,9,12H,5-7H2. The highest BCUT2D eigenvalue weighted by atomic mass is 15.3. The predicted molar refractivity (Wildman–Crippen MR) is 52.8 cm³/mol. The van der Waals surface area contributed by atoms with Crippen LogP contribution >= 0.6 is 0 Å². The van der Waals surface area contributed by atoms with E-state index in [1.165, 1.54) is 29.7 Å². The quantitative estimate of drug-likeness (QED) is 0.631. The maximum Gasteiger partial charge on any atom is 0.0727 e. The summed E-state index contributed by atoms with van der Waals surface area (Å²) in [5.74, 6) is 0.662. The molecule has 2 aliphatic rings. The molecule has 0 spiro atoms. The van der Waals surface area contributed by atoms with Gasteiger partial charge in [-0.2, -0.15) is 5.10 Å². The molecule has 0 radical (unpaired) electrons. The first-order chi connectivity index (χ1) is 6.45. The van der Waals surface area contributed by atoms with Gasteiger partial charge in [-0.1, -0.05) is 24.3 Å². The van der Waals surface area contributed by atoms with E-state index in [0.717, 1.165) is 6.54 Å². The second-order valence-electron chi connectivity index (χ2n) is 3.75. The molecule has 1 N–H and O–H groups in total. The molecule has 3 rings (SSSR count). The Hall–Kier alpha value is -1.31. The molecule has 2 nitrogen and oxygen atoms in total. The Labute approximate surface area is 77.7 Å². The van der Waals surface area contributed by atoms with E-state index in [0.29, 0.717) is 5.92 Å². The summed E-state index contributed by atoms with van der Waals surface area (Å²) in [6.45, 7) is 1.03. The topological polar surface area (TPSA) is 24.4 Å². The molecule has 0 amide bonds. The molecule has 1 unspecified atom stereocenters. The summed E-state index contributed by atoms with van der Waals surface area (Å²) in [6.07, 6.45) is 2.46. The Morgan fingerprint density at radius 1 is 1.31 bits per heavy atom. The molecular weight excluding hydrogens is 160 g/mol. The fraction of sp³-hybridized carbons (Fsp3) is 0.364. The van der Waals surface area contributed by atoms with Gasteiger partial charge >= 0.3 is 0 Å². The first-order valence-corrected chi connectivity index (χ1v) is 4.84. The maximum atomic E-state index is 4.37. The molecule has 1 atom stereocenters. The highest BCUT2D eigenvalue weighted by Gasteiger charge is 2.27. The van der Waals surface area contributed by atoms with Crippen molar-refractivity contribution in [3.63, 3.8) is 0 Å². The van der Waals surface area contributed by atoms with Gasteiger partial charge in [0.05, 0.1) is 5.71 Å². The van der Waals surface area contributed by atoms with Gasteiger partial charge < -0.3 is 5.43 Å². The van der Waals surface area contributed by atoms with Crippen LogP contribution in [0.25, 0.3) is 0 Å². The van der Waals surface area contributed by atoms with Crippen molar-refractivity contribution in [2.75, 3.05) is 6.54 Å². The van der Waals surface area contributed by atoms with E-state index in [-0.39, 0.29) is 0 Å². The summed E-state index contributed by atoms with van der Waals surface area (Å²) in [4.78, 5) is 0. The number of nitrogens with zero attached hydrogens (tertiary/aromatic N) is 1. The van der Waals surface area contributed by atoms with E-state index >= 15 is 0 Å². The number of aryl methyl sites for hydroxylation is 1. The SMILES string of the molecule is c1ccc2c(c1)CCC1CNN=C21. The molecule has 66 valence electrons. The van der Waals surface area contributed by atoms with Crippen LogP contribution in [0.15, 0.2) is 29.4 Å². The predicted octanol–water partition coefficient (Wildman–Crippen LogP) is 1.56. The minimum Gasteiger partial charge on any atom is -0.309 e. The van der Waals surface area contributed by atoms with Gasteiger partial charge in [-0.25, -0.2) is 0 Å².